The highest BCUT2D eigenvalue weighted by Gasteiger charge is 2.36. The zero-order valence-corrected chi connectivity index (χ0v) is 11.9. The van der Waals surface area contributed by atoms with E-state index in [0.29, 0.717) is 10.8 Å². The number of anilines is 1. The summed E-state index contributed by atoms with van der Waals surface area (Å²) in [4.78, 5) is 0. The summed E-state index contributed by atoms with van der Waals surface area (Å²) in [5.74, 6) is 0. The van der Waals surface area contributed by atoms with Crippen LogP contribution in [0.2, 0.25) is 0 Å². The maximum absolute atomic E-state index is 5.85. The van der Waals surface area contributed by atoms with Gasteiger partial charge in [-0.15, -0.1) is 0 Å². The fourth-order valence-corrected chi connectivity index (χ4v) is 4.11. The number of nitrogen functional groups attached to an aromatic ring is 1. The second-order valence-corrected chi connectivity index (χ2v) is 6.95. The largest absolute Gasteiger partial charge is 0.399 e. The number of rotatable bonds is 4. The molecule has 0 saturated heterocycles. The lowest BCUT2D eigenvalue weighted by molar-refractivity contribution is 0.330. The van der Waals surface area contributed by atoms with Crippen molar-refractivity contribution < 1.29 is 0 Å². The highest BCUT2D eigenvalue weighted by molar-refractivity contribution is 8.00. The van der Waals surface area contributed by atoms with Crippen LogP contribution >= 0.6 is 11.8 Å². The zero-order chi connectivity index (χ0) is 12.6. The third kappa shape index (κ3) is 2.14. The lowest BCUT2D eigenvalue weighted by Gasteiger charge is -2.41. The number of nitrogens with one attached hydrogen (secondary N) is 1. The van der Waals surface area contributed by atoms with Crippen molar-refractivity contribution in [3.63, 3.8) is 0 Å². The van der Waals surface area contributed by atoms with E-state index in [2.05, 4.69) is 23.7 Å². The van der Waals surface area contributed by atoms with E-state index in [1.807, 2.05) is 17.8 Å². The molecule has 0 amide bonds. The van der Waals surface area contributed by atoms with E-state index >= 15 is 0 Å². The van der Waals surface area contributed by atoms with Gasteiger partial charge in [0.05, 0.1) is 0 Å². The Bertz CT molecular complexity index is 435. The van der Waals surface area contributed by atoms with E-state index in [-0.39, 0.29) is 0 Å². The van der Waals surface area contributed by atoms with Gasteiger partial charge in [-0.2, -0.15) is 11.8 Å². The fourth-order valence-electron chi connectivity index (χ4n) is 3.18. The summed E-state index contributed by atoms with van der Waals surface area (Å²) in [5, 5.41) is 3.79. The predicted molar refractivity (Wildman–Crippen MR) is 80.0 cm³/mol. The van der Waals surface area contributed by atoms with Gasteiger partial charge < -0.3 is 11.1 Å². The summed E-state index contributed by atoms with van der Waals surface area (Å²) in [6.07, 6.45) is 8.81. The number of nitrogens with two attached hydrogens (primary N) is 1. The highest BCUT2D eigenvalue weighted by atomic mass is 32.2. The summed E-state index contributed by atoms with van der Waals surface area (Å²) < 4.78 is 0.524. The van der Waals surface area contributed by atoms with Crippen LogP contribution in [0, 0.1) is 0 Å². The first-order valence-electron chi connectivity index (χ1n) is 6.89. The van der Waals surface area contributed by atoms with Gasteiger partial charge in [-0.3, -0.25) is 0 Å². The number of aryl methyl sites for hydroxylation is 1. The molecule has 3 heteroatoms. The van der Waals surface area contributed by atoms with Gasteiger partial charge in [0, 0.05) is 23.0 Å². The molecular weight excluding hydrogens is 240 g/mol. The van der Waals surface area contributed by atoms with Crippen molar-refractivity contribution in [1.82, 2.24) is 5.32 Å². The predicted octanol–water partition coefficient (Wildman–Crippen LogP) is 3.13. The van der Waals surface area contributed by atoms with Crippen LogP contribution < -0.4 is 11.1 Å². The fraction of sp³-hybridized carbons (Fsp3) is 0.600. The number of hydrogen-bond acceptors (Lipinski definition) is 3. The molecule has 18 heavy (non-hydrogen) atoms. The van der Waals surface area contributed by atoms with Crippen LogP contribution in [-0.4, -0.2) is 17.5 Å². The molecule has 1 fully saturated rings. The Balaban J connectivity index is 1.66. The van der Waals surface area contributed by atoms with Crippen LogP contribution in [0.5, 0.6) is 0 Å². The molecule has 0 bridgehead atoms. The standard InChI is InChI=1S/C15H22N2S/c1-18-15(7-2-8-15)10-17-14-6-3-11-9-12(16)4-5-13(11)14/h4-5,9,14,17H,2-3,6-8,10,16H2,1H3. The highest BCUT2D eigenvalue weighted by Crippen LogP contribution is 2.43. The summed E-state index contributed by atoms with van der Waals surface area (Å²) >= 11 is 2.04. The smallest absolute Gasteiger partial charge is 0.0326 e. The number of hydrogen-bond donors (Lipinski definition) is 2. The van der Waals surface area contributed by atoms with Gasteiger partial charge in [0.1, 0.15) is 0 Å². The maximum Gasteiger partial charge on any atom is 0.0326 e. The van der Waals surface area contributed by atoms with Gasteiger partial charge in [0.2, 0.25) is 0 Å². The molecule has 0 radical (unpaired) electrons. The molecule has 2 nitrogen and oxygen atoms in total. The lowest BCUT2D eigenvalue weighted by Crippen LogP contribution is -2.44. The molecule has 0 spiro atoms. The zero-order valence-electron chi connectivity index (χ0n) is 11.0. The van der Waals surface area contributed by atoms with Gasteiger partial charge in [0.15, 0.2) is 0 Å². The first kappa shape index (κ1) is 12.4. The van der Waals surface area contributed by atoms with Crippen molar-refractivity contribution in [3.05, 3.63) is 29.3 Å². The molecule has 2 aliphatic rings. The minimum absolute atomic E-state index is 0.524. The van der Waals surface area contributed by atoms with E-state index in [1.54, 1.807) is 0 Å². The minimum Gasteiger partial charge on any atom is -0.399 e. The number of benzene rings is 1. The maximum atomic E-state index is 5.85. The molecule has 1 saturated carbocycles. The number of fused-ring (bicyclic) bond motifs is 1. The summed E-state index contributed by atoms with van der Waals surface area (Å²) in [5.41, 5.74) is 9.66. The molecule has 1 aromatic rings. The Labute approximate surface area is 114 Å². The Hall–Kier alpha value is -0.670. The first-order valence-corrected chi connectivity index (χ1v) is 8.12. The molecule has 1 aromatic carbocycles. The van der Waals surface area contributed by atoms with E-state index in [9.17, 15) is 0 Å². The molecule has 3 N–H and O–H groups in total. The summed E-state index contributed by atoms with van der Waals surface area (Å²) in [6.45, 7) is 1.16. The average Bonchev–Trinajstić information content (AvgIpc) is 2.71. The van der Waals surface area contributed by atoms with E-state index in [0.717, 1.165) is 12.2 Å². The topological polar surface area (TPSA) is 38.0 Å². The summed E-state index contributed by atoms with van der Waals surface area (Å²) in [7, 11) is 0. The van der Waals surface area contributed by atoms with Crippen LogP contribution in [0.25, 0.3) is 0 Å². The van der Waals surface area contributed by atoms with Crippen molar-refractivity contribution in [2.45, 2.75) is 42.9 Å². The molecule has 98 valence electrons. The molecule has 2 aliphatic carbocycles. The van der Waals surface area contributed by atoms with E-state index in [4.69, 9.17) is 5.73 Å². The van der Waals surface area contributed by atoms with Crippen LogP contribution in [-0.2, 0) is 6.42 Å². The van der Waals surface area contributed by atoms with Gasteiger partial charge in [-0.05, 0) is 55.2 Å². The monoisotopic (exact) mass is 262 g/mol. The van der Waals surface area contributed by atoms with Crippen molar-refractivity contribution in [1.29, 1.82) is 0 Å². The van der Waals surface area contributed by atoms with Gasteiger partial charge in [-0.1, -0.05) is 12.5 Å². The van der Waals surface area contributed by atoms with Crippen molar-refractivity contribution >= 4 is 17.4 Å². The quantitative estimate of drug-likeness (QED) is 0.819. The van der Waals surface area contributed by atoms with Gasteiger partial charge >= 0.3 is 0 Å². The second-order valence-electron chi connectivity index (χ2n) is 5.67. The Morgan fingerprint density at radius 3 is 2.94 bits per heavy atom. The lowest BCUT2D eigenvalue weighted by atomic mass is 9.84. The second kappa shape index (κ2) is 4.78. The van der Waals surface area contributed by atoms with Crippen LogP contribution in [0.4, 0.5) is 5.69 Å². The normalized spacial score (nSPS) is 24.6. The Kier molecular flexibility index (Phi) is 3.29. The number of thioether (sulfide) groups is 1. The van der Waals surface area contributed by atoms with E-state index in [1.165, 1.54) is 43.2 Å². The van der Waals surface area contributed by atoms with Crippen molar-refractivity contribution in [3.8, 4) is 0 Å². The molecule has 1 atom stereocenters. The molecule has 3 rings (SSSR count). The molecule has 0 heterocycles. The molecule has 0 aliphatic heterocycles. The van der Waals surface area contributed by atoms with Gasteiger partial charge in [0.25, 0.3) is 0 Å². The molecule has 1 unspecified atom stereocenters. The summed E-state index contributed by atoms with van der Waals surface area (Å²) in [6, 6.07) is 6.93. The Morgan fingerprint density at radius 2 is 2.28 bits per heavy atom. The molecule has 0 aromatic heterocycles. The average molecular weight is 262 g/mol. The van der Waals surface area contributed by atoms with Crippen molar-refractivity contribution in [2.75, 3.05) is 18.5 Å². The van der Waals surface area contributed by atoms with Crippen LogP contribution in [0.15, 0.2) is 18.2 Å². The van der Waals surface area contributed by atoms with Crippen LogP contribution in [0.3, 0.4) is 0 Å². The van der Waals surface area contributed by atoms with E-state index < -0.39 is 0 Å². The molecular formula is C15H22N2S. The third-order valence-electron chi connectivity index (χ3n) is 4.61. The first-order chi connectivity index (χ1) is 8.72. The SMILES string of the molecule is CSC1(CNC2CCc3cc(N)ccc32)CCC1. The Morgan fingerprint density at radius 1 is 1.44 bits per heavy atom. The van der Waals surface area contributed by atoms with Crippen LogP contribution in [0.1, 0.15) is 42.9 Å². The third-order valence-corrected chi connectivity index (χ3v) is 6.03. The van der Waals surface area contributed by atoms with Gasteiger partial charge in [-0.25, -0.2) is 0 Å². The minimum atomic E-state index is 0.524. The van der Waals surface area contributed by atoms with Crippen molar-refractivity contribution in [2.24, 2.45) is 0 Å².